The standard InChI is InChI=1S/C13H20N2O4/c1-9-12(10(2)19-14-9)5-13(17)15-3-4-18-8-11(6-15)7-16/h11,16H,3-8H2,1-2H3/t11-/m1/s1. The highest BCUT2D eigenvalue weighted by Gasteiger charge is 2.23. The largest absolute Gasteiger partial charge is 0.396 e. The van der Waals surface area contributed by atoms with E-state index in [1.807, 2.05) is 13.8 Å². The second-order valence-corrected chi connectivity index (χ2v) is 4.94. The molecule has 0 unspecified atom stereocenters. The van der Waals surface area contributed by atoms with Crippen molar-refractivity contribution < 1.29 is 19.2 Å². The second kappa shape index (κ2) is 6.16. The average Bonchev–Trinajstić information content (AvgIpc) is 2.62. The highest BCUT2D eigenvalue weighted by molar-refractivity contribution is 5.79. The van der Waals surface area contributed by atoms with Gasteiger partial charge in [-0.15, -0.1) is 0 Å². The molecule has 1 aromatic heterocycles. The van der Waals surface area contributed by atoms with E-state index in [4.69, 9.17) is 9.26 Å². The summed E-state index contributed by atoms with van der Waals surface area (Å²) in [6, 6.07) is 0. The highest BCUT2D eigenvalue weighted by atomic mass is 16.5. The molecule has 1 aliphatic heterocycles. The van der Waals surface area contributed by atoms with Crippen LogP contribution in [0.5, 0.6) is 0 Å². The van der Waals surface area contributed by atoms with Crippen molar-refractivity contribution in [1.82, 2.24) is 10.1 Å². The molecule has 0 spiro atoms. The minimum Gasteiger partial charge on any atom is -0.396 e. The Bertz CT molecular complexity index is 424. The third-order valence-corrected chi connectivity index (χ3v) is 3.46. The Kier molecular flexibility index (Phi) is 4.55. The van der Waals surface area contributed by atoms with Gasteiger partial charge in [0.2, 0.25) is 5.91 Å². The molecule has 1 fully saturated rings. The lowest BCUT2D eigenvalue weighted by Gasteiger charge is -2.22. The summed E-state index contributed by atoms with van der Waals surface area (Å²) >= 11 is 0. The van der Waals surface area contributed by atoms with E-state index in [9.17, 15) is 9.90 Å². The van der Waals surface area contributed by atoms with Crippen molar-refractivity contribution in [3.63, 3.8) is 0 Å². The number of aromatic nitrogens is 1. The predicted molar refractivity (Wildman–Crippen MR) is 67.7 cm³/mol. The first kappa shape index (κ1) is 14.0. The number of rotatable bonds is 3. The Balaban J connectivity index is 2.02. The lowest BCUT2D eigenvalue weighted by Crippen LogP contribution is -2.37. The molecule has 1 N–H and O–H groups in total. The van der Waals surface area contributed by atoms with Crippen molar-refractivity contribution in [3.8, 4) is 0 Å². The topological polar surface area (TPSA) is 75.8 Å². The van der Waals surface area contributed by atoms with E-state index < -0.39 is 0 Å². The van der Waals surface area contributed by atoms with Crippen LogP contribution in [0.4, 0.5) is 0 Å². The van der Waals surface area contributed by atoms with Crippen molar-refractivity contribution >= 4 is 5.91 Å². The van der Waals surface area contributed by atoms with E-state index in [0.29, 0.717) is 38.5 Å². The van der Waals surface area contributed by atoms with Crippen LogP contribution < -0.4 is 0 Å². The van der Waals surface area contributed by atoms with Gasteiger partial charge in [-0.1, -0.05) is 5.16 Å². The number of hydrogen-bond acceptors (Lipinski definition) is 5. The van der Waals surface area contributed by atoms with Crippen LogP contribution in [0.1, 0.15) is 17.0 Å². The van der Waals surface area contributed by atoms with Crippen LogP contribution in [0, 0.1) is 19.8 Å². The predicted octanol–water partition coefficient (Wildman–Crippen LogP) is 0.301. The fourth-order valence-corrected chi connectivity index (χ4v) is 2.23. The maximum Gasteiger partial charge on any atom is 0.227 e. The van der Waals surface area contributed by atoms with Crippen molar-refractivity contribution in [2.24, 2.45) is 5.92 Å². The number of nitrogens with zero attached hydrogens (tertiary/aromatic N) is 2. The van der Waals surface area contributed by atoms with Gasteiger partial charge in [0.15, 0.2) is 0 Å². The number of hydrogen-bond donors (Lipinski definition) is 1. The van der Waals surface area contributed by atoms with Gasteiger partial charge in [-0.2, -0.15) is 0 Å². The Labute approximate surface area is 112 Å². The summed E-state index contributed by atoms with van der Waals surface area (Å²) in [5.74, 6) is 0.713. The van der Waals surface area contributed by atoms with Crippen molar-refractivity contribution in [1.29, 1.82) is 0 Å². The number of carbonyl (C=O) groups is 1. The minimum absolute atomic E-state index is 0.00359. The first-order valence-electron chi connectivity index (χ1n) is 6.50. The van der Waals surface area contributed by atoms with Crippen molar-refractivity contribution in [3.05, 3.63) is 17.0 Å². The molecule has 1 amide bonds. The fraction of sp³-hybridized carbons (Fsp3) is 0.692. The molecule has 1 aliphatic rings. The van der Waals surface area contributed by atoms with Crippen molar-refractivity contribution in [2.45, 2.75) is 20.3 Å². The van der Waals surface area contributed by atoms with Crippen LogP contribution in [-0.2, 0) is 16.0 Å². The zero-order valence-electron chi connectivity index (χ0n) is 11.4. The summed E-state index contributed by atoms with van der Waals surface area (Å²) in [6.07, 6.45) is 0.291. The number of aryl methyl sites for hydroxylation is 2. The van der Waals surface area contributed by atoms with Crippen LogP contribution in [0.2, 0.25) is 0 Å². The van der Waals surface area contributed by atoms with E-state index >= 15 is 0 Å². The van der Waals surface area contributed by atoms with Gasteiger partial charge in [-0.05, 0) is 13.8 Å². The van der Waals surface area contributed by atoms with Gasteiger partial charge in [0.1, 0.15) is 5.76 Å². The van der Waals surface area contributed by atoms with E-state index in [1.165, 1.54) is 0 Å². The molecule has 6 nitrogen and oxygen atoms in total. The molecule has 2 heterocycles. The van der Waals surface area contributed by atoms with Crippen LogP contribution in [0.15, 0.2) is 4.52 Å². The van der Waals surface area contributed by atoms with E-state index in [-0.39, 0.29) is 18.4 Å². The Hall–Kier alpha value is -1.40. The summed E-state index contributed by atoms with van der Waals surface area (Å²) in [6.45, 7) is 5.81. The molecular weight excluding hydrogens is 248 g/mol. The van der Waals surface area contributed by atoms with Crippen LogP contribution >= 0.6 is 0 Å². The summed E-state index contributed by atoms with van der Waals surface area (Å²) in [5, 5.41) is 13.1. The molecule has 1 atom stereocenters. The lowest BCUT2D eigenvalue weighted by atomic mass is 10.1. The Morgan fingerprint density at radius 3 is 2.95 bits per heavy atom. The SMILES string of the molecule is Cc1noc(C)c1CC(=O)N1CCOC[C@@H](CO)C1. The van der Waals surface area contributed by atoms with Gasteiger partial charge in [0.05, 0.1) is 25.3 Å². The first-order valence-corrected chi connectivity index (χ1v) is 6.50. The molecule has 1 saturated heterocycles. The molecule has 1 aromatic rings. The zero-order chi connectivity index (χ0) is 13.8. The van der Waals surface area contributed by atoms with E-state index in [1.54, 1.807) is 4.90 Å². The summed E-state index contributed by atoms with van der Waals surface area (Å²) < 4.78 is 10.4. The molecule has 6 heteroatoms. The molecular formula is C13H20N2O4. The molecule has 106 valence electrons. The van der Waals surface area contributed by atoms with Gasteiger partial charge in [-0.25, -0.2) is 0 Å². The molecule has 0 bridgehead atoms. The maximum absolute atomic E-state index is 12.3. The molecule has 0 saturated carbocycles. The van der Waals surface area contributed by atoms with E-state index in [0.717, 1.165) is 11.3 Å². The summed E-state index contributed by atoms with van der Waals surface area (Å²) in [4.78, 5) is 14.1. The van der Waals surface area contributed by atoms with Gasteiger partial charge >= 0.3 is 0 Å². The Morgan fingerprint density at radius 2 is 2.32 bits per heavy atom. The number of amides is 1. The third kappa shape index (κ3) is 3.33. The average molecular weight is 268 g/mol. The first-order chi connectivity index (χ1) is 9.11. The zero-order valence-corrected chi connectivity index (χ0v) is 11.4. The quantitative estimate of drug-likeness (QED) is 0.853. The third-order valence-electron chi connectivity index (χ3n) is 3.46. The van der Waals surface area contributed by atoms with Gasteiger partial charge in [-0.3, -0.25) is 4.79 Å². The molecule has 0 aromatic carbocycles. The van der Waals surface area contributed by atoms with Crippen molar-refractivity contribution in [2.75, 3.05) is 32.9 Å². The fourth-order valence-electron chi connectivity index (χ4n) is 2.23. The van der Waals surface area contributed by atoms with E-state index in [2.05, 4.69) is 5.16 Å². The van der Waals surface area contributed by atoms with Crippen LogP contribution in [-0.4, -0.2) is 54.0 Å². The lowest BCUT2D eigenvalue weighted by molar-refractivity contribution is -0.131. The molecule has 0 aliphatic carbocycles. The van der Waals surface area contributed by atoms with Gasteiger partial charge in [0.25, 0.3) is 0 Å². The van der Waals surface area contributed by atoms with Gasteiger partial charge in [0, 0.05) is 31.2 Å². The second-order valence-electron chi connectivity index (χ2n) is 4.94. The number of aliphatic hydroxyl groups is 1. The van der Waals surface area contributed by atoms with Gasteiger partial charge < -0.3 is 19.3 Å². The monoisotopic (exact) mass is 268 g/mol. The smallest absolute Gasteiger partial charge is 0.227 e. The van der Waals surface area contributed by atoms with Crippen LogP contribution in [0.25, 0.3) is 0 Å². The normalized spacial score (nSPS) is 20.4. The highest BCUT2D eigenvalue weighted by Crippen LogP contribution is 2.15. The minimum atomic E-state index is -0.00359. The molecule has 0 radical (unpaired) electrons. The molecule has 19 heavy (non-hydrogen) atoms. The Morgan fingerprint density at radius 1 is 1.53 bits per heavy atom. The number of ether oxygens (including phenoxy) is 1. The van der Waals surface area contributed by atoms with Crippen LogP contribution in [0.3, 0.4) is 0 Å². The number of carbonyl (C=O) groups excluding carboxylic acids is 1. The number of aliphatic hydroxyl groups excluding tert-OH is 1. The summed E-state index contributed by atoms with van der Waals surface area (Å²) in [5.41, 5.74) is 1.62. The summed E-state index contributed by atoms with van der Waals surface area (Å²) in [7, 11) is 0. The maximum atomic E-state index is 12.3. The molecule has 2 rings (SSSR count).